The molecule has 0 spiro atoms. The van der Waals surface area contributed by atoms with Crippen molar-refractivity contribution < 1.29 is 14.3 Å². The van der Waals surface area contributed by atoms with Crippen molar-refractivity contribution in [3.05, 3.63) is 52.7 Å². The predicted molar refractivity (Wildman–Crippen MR) is 159 cm³/mol. The lowest BCUT2D eigenvalue weighted by atomic mass is 9.49. The summed E-state index contributed by atoms with van der Waals surface area (Å²) in [5.74, 6) is 0.499. The van der Waals surface area contributed by atoms with Gasteiger partial charge in [-0.05, 0) is 31.7 Å². The summed E-state index contributed by atoms with van der Waals surface area (Å²) < 4.78 is 11.7. The number of carbonyl (C=O) groups is 1. The third-order valence-corrected chi connectivity index (χ3v) is 8.46. The van der Waals surface area contributed by atoms with Crippen LogP contribution in [0.2, 0.25) is 5.02 Å². The predicted octanol–water partition coefficient (Wildman–Crippen LogP) is 7.18. The quantitative estimate of drug-likeness (QED) is 0.0959. The first kappa shape index (κ1) is 31.9. The third kappa shape index (κ3) is 7.02. The molecule has 0 heterocycles. The van der Waals surface area contributed by atoms with Crippen LogP contribution in [0.1, 0.15) is 66.9 Å². The molecule has 1 atom stereocenters. The van der Waals surface area contributed by atoms with E-state index in [-0.39, 0.29) is 35.5 Å². The maximum Gasteiger partial charge on any atom is 0.340 e. The molecule has 1 saturated carbocycles. The van der Waals surface area contributed by atoms with E-state index < -0.39 is 5.97 Å². The molecule has 0 aromatic heterocycles. The SMILES string of the molecule is C=C/C(C(=O)OCC)=C(CNC1C(C)(C)C(Oc2ccc(C#N)c(Cl)c2)C1(C)C)\N=C(\SC)C(C)CCC. The van der Waals surface area contributed by atoms with Gasteiger partial charge in [-0.25, -0.2) is 9.79 Å². The van der Waals surface area contributed by atoms with Crippen molar-refractivity contribution in [3.8, 4) is 11.8 Å². The Hall–Kier alpha value is -2.27. The fourth-order valence-electron chi connectivity index (χ4n) is 5.72. The highest BCUT2D eigenvalue weighted by atomic mass is 35.5. The number of carbonyl (C=O) groups excluding carboxylic acids is 1. The summed E-state index contributed by atoms with van der Waals surface area (Å²) in [5.41, 5.74) is 0.942. The number of thioether (sulfide) groups is 1. The van der Waals surface area contributed by atoms with E-state index in [0.29, 0.717) is 34.2 Å². The van der Waals surface area contributed by atoms with Crippen molar-refractivity contribution in [1.82, 2.24) is 5.32 Å². The number of hydrogen-bond acceptors (Lipinski definition) is 7. The van der Waals surface area contributed by atoms with E-state index in [1.54, 1.807) is 43.0 Å². The van der Waals surface area contributed by atoms with Crippen LogP contribution in [0, 0.1) is 28.1 Å². The van der Waals surface area contributed by atoms with Crippen LogP contribution >= 0.6 is 23.4 Å². The van der Waals surface area contributed by atoms with E-state index in [1.165, 1.54) is 0 Å². The van der Waals surface area contributed by atoms with Gasteiger partial charge >= 0.3 is 5.97 Å². The molecule has 0 saturated heterocycles. The van der Waals surface area contributed by atoms with Crippen LogP contribution in [0.15, 0.2) is 47.1 Å². The van der Waals surface area contributed by atoms with Gasteiger partial charge in [0.05, 0.1) is 33.5 Å². The topological polar surface area (TPSA) is 83.7 Å². The summed E-state index contributed by atoms with van der Waals surface area (Å²) in [4.78, 5) is 17.8. The summed E-state index contributed by atoms with van der Waals surface area (Å²) in [5, 5.41) is 14.2. The highest BCUT2D eigenvalue weighted by Gasteiger charge is 2.63. The Labute approximate surface area is 237 Å². The van der Waals surface area contributed by atoms with E-state index in [2.05, 4.69) is 59.5 Å². The molecule has 1 aliphatic rings. The first-order valence-corrected chi connectivity index (χ1v) is 14.7. The minimum atomic E-state index is -0.419. The molecule has 1 aromatic rings. The molecule has 0 bridgehead atoms. The minimum absolute atomic E-state index is 0.0677. The molecule has 1 fully saturated rings. The van der Waals surface area contributed by atoms with Gasteiger partial charge in [0.15, 0.2) is 0 Å². The largest absolute Gasteiger partial charge is 0.489 e. The van der Waals surface area contributed by atoms with Crippen molar-refractivity contribution in [2.24, 2.45) is 21.7 Å². The van der Waals surface area contributed by atoms with Crippen LogP contribution in [-0.4, -0.2) is 42.6 Å². The third-order valence-electron chi connectivity index (χ3n) is 7.24. The van der Waals surface area contributed by atoms with E-state index in [4.69, 9.17) is 31.3 Å². The van der Waals surface area contributed by atoms with Gasteiger partial charge in [0.1, 0.15) is 17.9 Å². The number of benzene rings is 1. The fraction of sp³-hybridized carbons (Fsp3) is 0.567. The van der Waals surface area contributed by atoms with Crippen molar-refractivity contribution >= 4 is 34.4 Å². The van der Waals surface area contributed by atoms with Gasteiger partial charge in [-0.3, -0.25) is 0 Å². The van der Waals surface area contributed by atoms with Crippen LogP contribution in [-0.2, 0) is 9.53 Å². The Balaban J connectivity index is 2.34. The average molecular weight is 560 g/mol. The van der Waals surface area contributed by atoms with Crippen molar-refractivity contribution in [2.75, 3.05) is 19.4 Å². The van der Waals surface area contributed by atoms with Crippen LogP contribution in [0.25, 0.3) is 0 Å². The number of hydrogen-bond donors (Lipinski definition) is 1. The average Bonchev–Trinajstić information content (AvgIpc) is 2.85. The Morgan fingerprint density at radius 1 is 1.32 bits per heavy atom. The molecule has 1 N–H and O–H groups in total. The highest BCUT2D eigenvalue weighted by molar-refractivity contribution is 8.13. The first-order valence-electron chi connectivity index (χ1n) is 13.1. The van der Waals surface area contributed by atoms with Gasteiger partial charge < -0.3 is 14.8 Å². The van der Waals surface area contributed by atoms with E-state index in [9.17, 15) is 4.79 Å². The van der Waals surface area contributed by atoms with Crippen LogP contribution in [0.4, 0.5) is 0 Å². The molecule has 38 heavy (non-hydrogen) atoms. The lowest BCUT2D eigenvalue weighted by Crippen LogP contribution is -2.74. The molecule has 2 rings (SSSR count). The van der Waals surface area contributed by atoms with Gasteiger partial charge in [0, 0.05) is 35.4 Å². The zero-order chi connectivity index (χ0) is 28.7. The molecule has 0 radical (unpaired) electrons. The second-order valence-corrected chi connectivity index (χ2v) is 12.1. The molecule has 1 aliphatic carbocycles. The van der Waals surface area contributed by atoms with E-state index >= 15 is 0 Å². The molecule has 0 amide bonds. The summed E-state index contributed by atoms with van der Waals surface area (Å²) in [6, 6.07) is 7.30. The Kier molecular flexibility index (Phi) is 11.5. The molecular weight excluding hydrogens is 518 g/mol. The van der Waals surface area contributed by atoms with Gasteiger partial charge in [-0.15, -0.1) is 11.8 Å². The monoisotopic (exact) mass is 559 g/mol. The molecule has 6 nitrogen and oxygen atoms in total. The fourth-order valence-corrected chi connectivity index (χ4v) is 6.65. The maximum absolute atomic E-state index is 12.8. The van der Waals surface area contributed by atoms with Gasteiger partial charge in [0.25, 0.3) is 0 Å². The molecule has 1 aromatic carbocycles. The van der Waals surface area contributed by atoms with Crippen LogP contribution in [0.3, 0.4) is 0 Å². The Morgan fingerprint density at radius 2 is 1.97 bits per heavy atom. The molecule has 1 unspecified atom stereocenters. The minimum Gasteiger partial charge on any atom is -0.489 e. The summed E-state index contributed by atoms with van der Waals surface area (Å²) >= 11 is 7.85. The maximum atomic E-state index is 12.8. The zero-order valence-electron chi connectivity index (χ0n) is 24.0. The van der Waals surface area contributed by atoms with E-state index in [1.807, 2.05) is 6.26 Å². The number of nitrogens with one attached hydrogen (secondary N) is 1. The Morgan fingerprint density at radius 3 is 2.47 bits per heavy atom. The van der Waals surface area contributed by atoms with Crippen LogP contribution in [0.5, 0.6) is 5.75 Å². The highest BCUT2D eigenvalue weighted by Crippen LogP contribution is 2.55. The lowest BCUT2D eigenvalue weighted by Gasteiger charge is -2.63. The number of ether oxygens (including phenoxy) is 2. The zero-order valence-corrected chi connectivity index (χ0v) is 25.6. The first-order chi connectivity index (χ1) is 17.9. The number of aliphatic imine (C=N–C) groups is 1. The molecular formula is C30H42ClN3O3S. The summed E-state index contributed by atoms with van der Waals surface area (Å²) in [6.45, 7) is 19.3. The number of nitriles is 1. The normalized spacial score (nSPS) is 21.4. The second-order valence-electron chi connectivity index (χ2n) is 10.8. The number of halogens is 1. The number of esters is 1. The van der Waals surface area contributed by atoms with Crippen molar-refractivity contribution in [2.45, 2.75) is 73.5 Å². The van der Waals surface area contributed by atoms with E-state index in [0.717, 1.165) is 17.9 Å². The van der Waals surface area contributed by atoms with Gasteiger partial charge in [0.2, 0.25) is 0 Å². The van der Waals surface area contributed by atoms with Crippen LogP contribution < -0.4 is 10.1 Å². The Bertz CT molecular complexity index is 1100. The molecule has 0 aliphatic heterocycles. The molecule has 8 heteroatoms. The summed E-state index contributed by atoms with van der Waals surface area (Å²) in [6.07, 6.45) is 5.52. The van der Waals surface area contributed by atoms with Crippen molar-refractivity contribution in [1.29, 1.82) is 5.26 Å². The summed E-state index contributed by atoms with van der Waals surface area (Å²) in [7, 11) is 0. The van der Waals surface area contributed by atoms with Gasteiger partial charge in [-0.1, -0.05) is 72.2 Å². The molecule has 208 valence electrons. The smallest absolute Gasteiger partial charge is 0.340 e. The van der Waals surface area contributed by atoms with Crippen molar-refractivity contribution in [3.63, 3.8) is 0 Å². The number of rotatable bonds is 12. The number of nitrogens with zero attached hydrogens (tertiary/aromatic N) is 2. The standard InChI is InChI=1S/C30H42ClN3O3S/c1-10-13-19(4)25(38-9)34-24(22(11-2)26(35)36-12-3)18-33-27-29(5,6)28(30(27,7)8)37-21-15-14-20(17-32)23(31)16-21/h11,14-16,19,27-28,33H,2,10,12-13,18H2,1,3-9H3/b24-22+,34-25+. The van der Waals surface area contributed by atoms with Gasteiger partial charge in [-0.2, -0.15) is 5.26 Å². The lowest BCUT2D eigenvalue weighted by molar-refractivity contribution is -0.167. The second kappa shape index (κ2) is 13.7.